The Labute approximate surface area is 125 Å². The van der Waals surface area contributed by atoms with Gasteiger partial charge in [0.1, 0.15) is 5.75 Å². The van der Waals surface area contributed by atoms with Crippen LogP contribution in [0.5, 0.6) is 5.75 Å². The van der Waals surface area contributed by atoms with E-state index in [2.05, 4.69) is 10.6 Å². The molecule has 1 heterocycles. The highest BCUT2D eigenvalue weighted by Crippen LogP contribution is 2.34. The number of ether oxygens (including phenoxy) is 2. The first-order chi connectivity index (χ1) is 10.2. The number of urea groups is 1. The SMILES string of the molecule is COC1(CNC(=O)N[C@@H]2CCOc3ccccc32)CCC1. The Morgan fingerprint density at radius 2 is 2.24 bits per heavy atom. The van der Waals surface area contributed by atoms with Crippen molar-refractivity contribution in [3.8, 4) is 5.75 Å². The second-order valence-electron chi connectivity index (χ2n) is 5.80. The third kappa shape index (κ3) is 2.97. The first-order valence-electron chi connectivity index (χ1n) is 7.54. The first-order valence-corrected chi connectivity index (χ1v) is 7.54. The van der Waals surface area contributed by atoms with Crippen molar-refractivity contribution in [2.24, 2.45) is 0 Å². The largest absolute Gasteiger partial charge is 0.493 e. The van der Waals surface area contributed by atoms with Crippen molar-refractivity contribution < 1.29 is 14.3 Å². The van der Waals surface area contributed by atoms with Gasteiger partial charge in [0.05, 0.1) is 18.2 Å². The summed E-state index contributed by atoms with van der Waals surface area (Å²) in [6, 6.07) is 7.72. The lowest BCUT2D eigenvalue weighted by atomic mass is 9.80. The summed E-state index contributed by atoms with van der Waals surface area (Å²) in [5.41, 5.74) is 0.897. The predicted molar refractivity (Wildman–Crippen MR) is 79.4 cm³/mol. The van der Waals surface area contributed by atoms with Crippen LogP contribution in [0.3, 0.4) is 0 Å². The number of benzene rings is 1. The third-order valence-corrected chi connectivity index (χ3v) is 4.53. The van der Waals surface area contributed by atoms with Crippen LogP contribution in [0, 0.1) is 0 Å². The molecule has 114 valence electrons. The zero-order valence-electron chi connectivity index (χ0n) is 12.4. The predicted octanol–water partition coefficient (Wildman–Crippen LogP) is 2.38. The zero-order valence-corrected chi connectivity index (χ0v) is 12.4. The maximum atomic E-state index is 12.1. The lowest BCUT2D eigenvalue weighted by molar-refractivity contribution is -0.0674. The molecule has 1 saturated carbocycles. The maximum absolute atomic E-state index is 12.1. The smallest absolute Gasteiger partial charge is 0.315 e. The summed E-state index contributed by atoms with van der Waals surface area (Å²) in [7, 11) is 1.72. The van der Waals surface area contributed by atoms with Crippen molar-refractivity contribution in [1.29, 1.82) is 0 Å². The van der Waals surface area contributed by atoms with E-state index in [9.17, 15) is 4.79 Å². The van der Waals surface area contributed by atoms with Crippen LogP contribution in [0.1, 0.15) is 37.3 Å². The van der Waals surface area contributed by atoms with Gasteiger partial charge in [0, 0.05) is 25.6 Å². The van der Waals surface area contributed by atoms with Crippen molar-refractivity contribution in [1.82, 2.24) is 10.6 Å². The van der Waals surface area contributed by atoms with E-state index in [1.54, 1.807) is 7.11 Å². The van der Waals surface area contributed by atoms with Gasteiger partial charge in [-0.05, 0) is 25.3 Å². The zero-order chi connectivity index (χ0) is 14.7. The Kier molecular flexibility index (Phi) is 4.01. The van der Waals surface area contributed by atoms with Crippen LogP contribution in [0.4, 0.5) is 4.79 Å². The Balaban J connectivity index is 1.56. The normalized spacial score (nSPS) is 22.4. The van der Waals surface area contributed by atoms with Crippen molar-refractivity contribution in [2.45, 2.75) is 37.3 Å². The molecule has 0 radical (unpaired) electrons. The molecule has 5 nitrogen and oxygen atoms in total. The number of para-hydroxylation sites is 1. The molecule has 1 aromatic rings. The molecule has 1 fully saturated rings. The van der Waals surface area contributed by atoms with Crippen LogP contribution in [0.25, 0.3) is 0 Å². The molecule has 5 heteroatoms. The molecule has 1 aromatic carbocycles. The van der Waals surface area contributed by atoms with Gasteiger partial charge in [0.15, 0.2) is 0 Å². The highest BCUT2D eigenvalue weighted by atomic mass is 16.5. The van der Waals surface area contributed by atoms with Gasteiger partial charge < -0.3 is 20.1 Å². The molecule has 0 aromatic heterocycles. The van der Waals surface area contributed by atoms with E-state index in [4.69, 9.17) is 9.47 Å². The Hall–Kier alpha value is -1.75. The average molecular weight is 290 g/mol. The van der Waals surface area contributed by atoms with E-state index in [0.717, 1.165) is 30.6 Å². The Morgan fingerprint density at radius 1 is 1.43 bits per heavy atom. The monoisotopic (exact) mass is 290 g/mol. The quantitative estimate of drug-likeness (QED) is 0.895. The summed E-state index contributed by atoms with van der Waals surface area (Å²) in [4.78, 5) is 12.1. The number of amides is 2. The van der Waals surface area contributed by atoms with Gasteiger partial charge in [0.25, 0.3) is 0 Å². The first kappa shape index (κ1) is 14.2. The van der Waals surface area contributed by atoms with Gasteiger partial charge in [-0.2, -0.15) is 0 Å². The average Bonchev–Trinajstić information content (AvgIpc) is 2.47. The fourth-order valence-electron chi connectivity index (χ4n) is 2.97. The standard InChI is InChI=1S/C16H22N2O3/c1-20-16(8-4-9-16)11-17-15(19)18-13-7-10-21-14-6-3-2-5-12(13)14/h2-3,5-6,13H,4,7-11H2,1H3,(H2,17,18,19)/t13-/m1/s1. The van der Waals surface area contributed by atoms with Gasteiger partial charge >= 0.3 is 6.03 Å². The van der Waals surface area contributed by atoms with Crippen LogP contribution in [0.2, 0.25) is 0 Å². The van der Waals surface area contributed by atoms with E-state index >= 15 is 0 Å². The number of hydrogen-bond donors (Lipinski definition) is 2. The van der Waals surface area contributed by atoms with E-state index < -0.39 is 0 Å². The molecule has 0 saturated heterocycles. The molecule has 0 bridgehead atoms. The summed E-state index contributed by atoms with van der Waals surface area (Å²) in [6.45, 7) is 1.20. The lowest BCUT2D eigenvalue weighted by Crippen LogP contribution is -2.51. The molecule has 1 atom stereocenters. The van der Waals surface area contributed by atoms with Crippen LogP contribution < -0.4 is 15.4 Å². The van der Waals surface area contributed by atoms with Crippen molar-refractivity contribution in [3.05, 3.63) is 29.8 Å². The molecule has 1 aliphatic carbocycles. The highest BCUT2D eigenvalue weighted by molar-refractivity contribution is 5.74. The summed E-state index contributed by atoms with van der Waals surface area (Å²) < 4.78 is 11.1. The number of nitrogens with one attached hydrogen (secondary N) is 2. The molecule has 2 aliphatic rings. The van der Waals surface area contributed by atoms with Crippen LogP contribution in [-0.4, -0.2) is 31.9 Å². The fraction of sp³-hybridized carbons (Fsp3) is 0.562. The summed E-state index contributed by atoms with van der Waals surface area (Å²) in [5, 5.41) is 5.97. The fourth-order valence-corrected chi connectivity index (χ4v) is 2.97. The number of fused-ring (bicyclic) bond motifs is 1. The molecule has 0 spiro atoms. The van der Waals surface area contributed by atoms with Gasteiger partial charge in [-0.3, -0.25) is 0 Å². The summed E-state index contributed by atoms with van der Waals surface area (Å²) in [6.07, 6.45) is 4.00. The molecule has 21 heavy (non-hydrogen) atoms. The molecule has 2 amide bonds. The van der Waals surface area contributed by atoms with Crippen molar-refractivity contribution in [3.63, 3.8) is 0 Å². The van der Waals surface area contributed by atoms with E-state index in [0.29, 0.717) is 13.2 Å². The van der Waals surface area contributed by atoms with Gasteiger partial charge in [-0.25, -0.2) is 4.79 Å². The van der Waals surface area contributed by atoms with E-state index in [1.807, 2.05) is 24.3 Å². The number of hydrogen-bond acceptors (Lipinski definition) is 3. The van der Waals surface area contributed by atoms with Crippen molar-refractivity contribution in [2.75, 3.05) is 20.3 Å². The third-order valence-electron chi connectivity index (χ3n) is 4.53. The van der Waals surface area contributed by atoms with Gasteiger partial charge in [-0.1, -0.05) is 18.2 Å². The highest BCUT2D eigenvalue weighted by Gasteiger charge is 2.37. The summed E-state index contributed by atoms with van der Waals surface area (Å²) in [5.74, 6) is 0.862. The summed E-state index contributed by atoms with van der Waals surface area (Å²) >= 11 is 0. The molecular weight excluding hydrogens is 268 g/mol. The Bertz CT molecular complexity index is 508. The molecule has 2 N–H and O–H groups in total. The lowest BCUT2D eigenvalue weighted by Gasteiger charge is -2.40. The second-order valence-corrected chi connectivity index (χ2v) is 5.80. The van der Waals surface area contributed by atoms with Crippen LogP contribution in [0.15, 0.2) is 24.3 Å². The van der Waals surface area contributed by atoms with Crippen LogP contribution >= 0.6 is 0 Å². The number of rotatable bonds is 4. The Morgan fingerprint density at radius 3 is 2.95 bits per heavy atom. The topological polar surface area (TPSA) is 59.6 Å². The minimum Gasteiger partial charge on any atom is -0.493 e. The van der Waals surface area contributed by atoms with E-state index in [-0.39, 0.29) is 17.7 Å². The minimum absolute atomic E-state index is 0.00911. The van der Waals surface area contributed by atoms with Gasteiger partial charge in [-0.15, -0.1) is 0 Å². The molecule has 1 aliphatic heterocycles. The van der Waals surface area contributed by atoms with Crippen molar-refractivity contribution >= 4 is 6.03 Å². The molecule has 3 rings (SSSR count). The minimum atomic E-state index is -0.148. The number of methoxy groups -OCH3 is 1. The van der Waals surface area contributed by atoms with Crippen LogP contribution in [-0.2, 0) is 4.74 Å². The second kappa shape index (κ2) is 5.93. The maximum Gasteiger partial charge on any atom is 0.315 e. The molecular formula is C16H22N2O3. The number of carbonyl (C=O) groups is 1. The van der Waals surface area contributed by atoms with E-state index in [1.165, 1.54) is 6.42 Å². The number of carbonyl (C=O) groups excluding carboxylic acids is 1. The molecule has 0 unspecified atom stereocenters. The van der Waals surface area contributed by atoms with Gasteiger partial charge in [0.2, 0.25) is 0 Å².